The SMILES string of the molecule is CCN1CC(n2nnc3c(OC)ccc(Br)c32)C1. The maximum atomic E-state index is 5.32. The van der Waals surface area contributed by atoms with Crippen LogP contribution in [0.15, 0.2) is 16.6 Å². The van der Waals surface area contributed by atoms with E-state index in [1.807, 2.05) is 16.8 Å². The molecule has 1 aromatic heterocycles. The number of aromatic nitrogens is 3. The fourth-order valence-corrected chi connectivity index (χ4v) is 2.87. The van der Waals surface area contributed by atoms with Gasteiger partial charge in [0.1, 0.15) is 11.3 Å². The average Bonchev–Trinajstić information content (AvgIpc) is 2.74. The number of ether oxygens (including phenoxy) is 1. The van der Waals surface area contributed by atoms with Gasteiger partial charge in [0, 0.05) is 17.6 Å². The van der Waals surface area contributed by atoms with Crippen LogP contribution in [0.1, 0.15) is 13.0 Å². The van der Waals surface area contributed by atoms with E-state index in [1.54, 1.807) is 7.11 Å². The Morgan fingerprint density at radius 3 is 2.89 bits per heavy atom. The number of hydrogen-bond acceptors (Lipinski definition) is 4. The molecule has 0 unspecified atom stereocenters. The summed E-state index contributed by atoms with van der Waals surface area (Å²) in [5.74, 6) is 0.770. The van der Waals surface area contributed by atoms with Gasteiger partial charge < -0.3 is 4.74 Å². The molecule has 1 fully saturated rings. The van der Waals surface area contributed by atoms with Crippen LogP contribution >= 0.6 is 15.9 Å². The number of halogens is 1. The summed E-state index contributed by atoms with van der Waals surface area (Å²) < 4.78 is 8.34. The van der Waals surface area contributed by atoms with E-state index in [9.17, 15) is 0 Å². The molecule has 1 aliphatic rings. The van der Waals surface area contributed by atoms with Crippen molar-refractivity contribution in [1.82, 2.24) is 19.9 Å². The Balaban J connectivity index is 2.04. The highest BCUT2D eigenvalue weighted by molar-refractivity contribution is 9.10. The van der Waals surface area contributed by atoms with Crippen molar-refractivity contribution in [3.63, 3.8) is 0 Å². The second-order valence-corrected chi connectivity index (χ2v) is 5.34. The van der Waals surface area contributed by atoms with Crippen LogP contribution in [0.5, 0.6) is 5.75 Å². The largest absolute Gasteiger partial charge is 0.494 e. The lowest BCUT2D eigenvalue weighted by molar-refractivity contribution is 0.107. The zero-order valence-corrected chi connectivity index (χ0v) is 12.0. The molecule has 0 saturated carbocycles. The van der Waals surface area contributed by atoms with E-state index in [4.69, 9.17) is 4.74 Å². The fourth-order valence-electron chi connectivity index (χ4n) is 2.36. The Bertz CT molecular complexity index is 577. The average molecular weight is 311 g/mol. The first-order valence-electron chi connectivity index (χ1n) is 6.04. The van der Waals surface area contributed by atoms with E-state index < -0.39 is 0 Å². The van der Waals surface area contributed by atoms with Crippen LogP contribution in [0.2, 0.25) is 0 Å². The van der Waals surface area contributed by atoms with Crippen LogP contribution in [-0.2, 0) is 0 Å². The van der Waals surface area contributed by atoms with E-state index >= 15 is 0 Å². The highest BCUT2D eigenvalue weighted by atomic mass is 79.9. The first-order chi connectivity index (χ1) is 8.74. The number of likely N-dealkylation sites (tertiary alicyclic amines) is 1. The predicted molar refractivity (Wildman–Crippen MR) is 72.9 cm³/mol. The predicted octanol–water partition coefficient (Wildman–Crippen LogP) is 2.08. The van der Waals surface area contributed by atoms with Gasteiger partial charge in [-0.3, -0.25) is 4.90 Å². The molecule has 96 valence electrons. The summed E-state index contributed by atoms with van der Waals surface area (Å²) in [4.78, 5) is 2.38. The monoisotopic (exact) mass is 310 g/mol. The Hall–Kier alpha value is -1.14. The van der Waals surface area contributed by atoms with Crippen molar-refractivity contribution in [1.29, 1.82) is 0 Å². The molecule has 0 bridgehead atoms. The van der Waals surface area contributed by atoms with Gasteiger partial charge in [-0.2, -0.15) is 0 Å². The summed E-state index contributed by atoms with van der Waals surface area (Å²) in [6.07, 6.45) is 0. The maximum absolute atomic E-state index is 5.32. The summed E-state index contributed by atoms with van der Waals surface area (Å²) >= 11 is 3.57. The second kappa shape index (κ2) is 4.51. The number of methoxy groups -OCH3 is 1. The molecular formula is C12H15BrN4O. The highest BCUT2D eigenvalue weighted by Gasteiger charge is 2.30. The summed E-state index contributed by atoms with van der Waals surface area (Å²) in [6.45, 7) is 5.35. The number of hydrogen-bond donors (Lipinski definition) is 0. The summed E-state index contributed by atoms with van der Waals surface area (Å²) in [7, 11) is 1.66. The molecule has 0 spiro atoms. The van der Waals surface area contributed by atoms with Gasteiger partial charge in [0.2, 0.25) is 0 Å². The number of nitrogens with zero attached hydrogens (tertiary/aromatic N) is 4. The van der Waals surface area contributed by atoms with E-state index in [0.29, 0.717) is 6.04 Å². The van der Waals surface area contributed by atoms with Crippen molar-refractivity contribution in [2.75, 3.05) is 26.7 Å². The Kier molecular flexibility index (Phi) is 2.99. The topological polar surface area (TPSA) is 43.2 Å². The lowest BCUT2D eigenvalue weighted by Crippen LogP contribution is -2.47. The Morgan fingerprint density at radius 2 is 2.22 bits per heavy atom. The minimum atomic E-state index is 0.415. The maximum Gasteiger partial charge on any atom is 0.156 e. The van der Waals surface area contributed by atoms with E-state index in [-0.39, 0.29) is 0 Å². The second-order valence-electron chi connectivity index (χ2n) is 4.49. The molecule has 2 aromatic rings. The quantitative estimate of drug-likeness (QED) is 0.870. The summed E-state index contributed by atoms with van der Waals surface area (Å²) in [5.41, 5.74) is 1.84. The zero-order valence-electron chi connectivity index (χ0n) is 10.4. The molecule has 1 saturated heterocycles. The molecule has 0 N–H and O–H groups in total. The van der Waals surface area contributed by atoms with Gasteiger partial charge in [-0.1, -0.05) is 12.1 Å². The van der Waals surface area contributed by atoms with Crippen molar-refractivity contribution in [3.05, 3.63) is 16.6 Å². The molecule has 18 heavy (non-hydrogen) atoms. The van der Waals surface area contributed by atoms with Gasteiger partial charge in [-0.25, -0.2) is 4.68 Å². The third kappa shape index (κ3) is 1.71. The number of fused-ring (bicyclic) bond motifs is 1. The first-order valence-corrected chi connectivity index (χ1v) is 6.83. The fraction of sp³-hybridized carbons (Fsp3) is 0.500. The van der Waals surface area contributed by atoms with Crippen LogP contribution in [0.25, 0.3) is 11.0 Å². The Labute approximate surface area is 114 Å². The van der Waals surface area contributed by atoms with Crippen molar-refractivity contribution in [2.45, 2.75) is 13.0 Å². The molecule has 1 aliphatic heterocycles. The molecule has 2 heterocycles. The third-order valence-electron chi connectivity index (χ3n) is 3.49. The third-order valence-corrected chi connectivity index (χ3v) is 4.13. The standard InChI is InChI=1S/C12H15BrN4O/c1-3-16-6-8(7-16)17-12-9(13)4-5-10(18-2)11(12)14-15-17/h4-5,8H,3,6-7H2,1-2H3. The molecule has 0 aliphatic carbocycles. The first kappa shape index (κ1) is 11.9. The van der Waals surface area contributed by atoms with Gasteiger partial charge in [0.05, 0.1) is 13.2 Å². The van der Waals surface area contributed by atoms with E-state index in [0.717, 1.165) is 40.9 Å². The molecule has 0 radical (unpaired) electrons. The van der Waals surface area contributed by atoms with Crippen molar-refractivity contribution in [3.8, 4) is 5.75 Å². The van der Waals surface area contributed by atoms with Crippen molar-refractivity contribution >= 4 is 27.0 Å². The molecule has 0 atom stereocenters. The highest BCUT2D eigenvalue weighted by Crippen LogP contribution is 2.33. The summed E-state index contributed by atoms with van der Waals surface area (Å²) in [5, 5.41) is 8.53. The van der Waals surface area contributed by atoms with Crippen LogP contribution in [0, 0.1) is 0 Å². The summed E-state index contributed by atoms with van der Waals surface area (Å²) in [6, 6.07) is 4.31. The zero-order chi connectivity index (χ0) is 12.7. The van der Waals surface area contributed by atoms with Crippen LogP contribution in [0.4, 0.5) is 0 Å². The molecule has 3 rings (SSSR count). The van der Waals surface area contributed by atoms with Gasteiger partial charge in [-0.15, -0.1) is 5.10 Å². The number of benzene rings is 1. The van der Waals surface area contributed by atoms with Crippen molar-refractivity contribution in [2.24, 2.45) is 0 Å². The number of likely N-dealkylation sites (N-methyl/N-ethyl adjacent to an activating group) is 1. The van der Waals surface area contributed by atoms with Crippen molar-refractivity contribution < 1.29 is 4.74 Å². The number of rotatable bonds is 3. The van der Waals surface area contributed by atoms with Gasteiger partial charge in [0.15, 0.2) is 5.52 Å². The van der Waals surface area contributed by atoms with Crippen LogP contribution in [-0.4, -0.2) is 46.6 Å². The lowest BCUT2D eigenvalue weighted by atomic mass is 10.1. The molecule has 6 heteroatoms. The molecule has 5 nitrogen and oxygen atoms in total. The molecule has 1 aromatic carbocycles. The molecular weight excluding hydrogens is 296 g/mol. The van der Waals surface area contributed by atoms with Gasteiger partial charge >= 0.3 is 0 Å². The molecule has 0 amide bonds. The van der Waals surface area contributed by atoms with E-state index in [2.05, 4.69) is 38.1 Å². The van der Waals surface area contributed by atoms with E-state index in [1.165, 1.54) is 0 Å². The van der Waals surface area contributed by atoms with Gasteiger partial charge in [0.25, 0.3) is 0 Å². The van der Waals surface area contributed by atoms with Crippen LogP contribution < -0.4 is 4.74 Å². The Morgan fingerprint density at radius 1 is 1.44 bits per heavy atom. The van der Waals surface area contributed by atoms with Gasteiger partial charge in [-0.05, 0) is 34.6 Å². The van der Waals surface area contributed by atoms with Crippen LogP contribution in [0.3, 0.4) is 0 Å². The smallest absolute Gasteiger partial charge is 0.156 e. The minimum Gasteiger partial charge on any atom is -0.494 e. The lowest BCUT2D eigenvalue weighted by Gasteiger charge is -2.38. The normalized spacial score (nSPS) is 17.1. The minimum absolute atomic E-state index is 0.415.